The fourth-order valence-electron chi connectivity index (χ4n) is 1.31. The van der Waals surface area contributed by atoms with Crippen LogP contribution in [0.15, 0.2) is 11.0 Å². The number of aromatic nitrogens is 4. The molecule has 17 heavy (non-hydrogen) atoms. The Bertz CT molecular complexity index is 613. The normalized spacial score (nSPS) is 10.5. The molecule has 8 heteroatoms. The summed E-state index contributed by atoms with van der Waals surface area (Å²) in [6.45, 7) is 1.72. The summed E-state index contributed by atoms with van der Waals surface area (Å²) in [6.07, 6.45) is 1.78. The highest BCUT2D eigenvalue weighted by molar-refractivity contribution is 5.77. The Morgan fingerprint density at radius 3 is 3.06 bits per heavy atom. The molecular weight excluding hydrogens is 224 g/mol. The smallest absolute Gasteiger partial charge is 0.263 e. The van der Waals surface area contributed by atoms with Gasteiger partial charge in [-0.15, -0.1) is 0 Å². The summed E-state index contributed by atoms with van der Waals surface area (Å²) >= 11 is 0. The van der Waals surface area contributed by atoms with Gasteiger partial charge in [-0.1, -0.05) is 6.92 Å². The van der Waals surface area contributed by atoms with Crippen LogP contribution in [0.3, 0.4) is 0 Å². The summed E-state index contributed by atoms with van der Waals surface area (Å²) in [7, 11) is 1.68. The Morgan fingerprint density at radius 1 is 1.59 bits per heavy atom. The Balaban J connectivity index is 2.33. The van der Waals surface area contributed by atoms with E-state index >= 15 is 0 Å². The highest BCUT2D eigenvalue weighted by Crippen LogP contribution is 2.05. The molecule has 0 fully saturated rings. The first-order valence-corrected chi connectivity index (χ1v) is 5.08. The number of aryl methyl sites for hydroxylation is 1. The standard InChI is InChI=1S/C9H12N6O2/c1-3-6(16)13-14-9-11-7-5(8(17)12-9)4-10-15(7)2/h4H,3H2,1-2H3,(H,13,16)(H2,11,12,14,17). The van der Waals surface area contributed by atoms with Crippen LogP contribution in [-0.4, -0.2) is 25.7 Å². The fraction of sp³-hybridized carbons (Fsp3) is 0.333. The molecule has 0 saturated carbocycles. The molecule has 0 radical (unpaired) electrons. The summed E-state index contributed by atoms with van der Waals surface area (Å²) < 4.78 is 1.48. The molecule has 0 bridgehead atoms. The maximum atomic E-state index is 11.6. The van der Waals surface area contributed by atoms with Gasteiger partial charge in [-0.2, -0.15) is 10.1 Å². The van der Waals surface area contributed by atoms with E-state index in [2.05, 4.69) is 25.9 Å². The van der Waals surface area contributed by atoms with Gasteiger partial charge < -0.3 is 0 Å². The average Bonchev–Trinajstić information content (AvgIpc) is 2.69. The number of hydrogen-bond acceptors (Lipinski definition) is 5. The van der Waals surface area contributed by atoms with Crippen molar-refractivity contribution in [3.05, 3.63) is 16.6 Å². The van der Waals surface area contributed by atoms with Crippen molar-refractivity contribution in [2.45, 2.75) is 13.3 Å². The van der Waals surface area contributed by atoms with Gasteiger partial charge >= 0.3 is 0 Å². The average molecular weight is 236 g/mol. The minimum absolute atomic E-state index is 0.174. The van der Waals surface area contributed by atoms with Crippen molar-refractivity contribution < 1.29 is 4.79 Å². The van der Waals surface area contributed by atoms with E-state index in [9.17, 15) is 9.59 Å². The number of hydrogen-bond donors (Lipinski definition) is 3. The lowest BCUT2D eigenvalue weighted by Crippen LogP contribution is -2.30. The first kappa shape index (κ1) is 11.1. The minimum atomic E-state index is -0.309. The zero-order chi connectivity index (χ0) is 12.4. The van der Waals surface area contributed by atoms with Gasteiger partial charge in [0.2, 0.25) is 11.9 Å². The third-order valence-corrected chi connectivity index (χ3v) is 2.24. The van der Waals surface area contributed by atoms with Crippen molar-refractivity contribution in [3.63, 3.8) is 0 Å². The van der Waals surface area contributed by atoms with Gasteiger partial charge in [-0.3, -0.25) is 30.1 Å². The molecule has 2 aromatic heterocycles. The van der Waals surface area contributed by atoms with Gasteiger partial charge in [-0.05, 0) is 0 Å². The van der Waals surface area contributed by atoms with Gasteiger partial charge in [0.1, 0.15) is 5.39 Å². The molecule has 1 amide bonds. The highest BCUT2D eigenvalue weighted by atomic mass is 16.2. The van der Waals surface area contributed by atoms with Crippen LogP contribution in [0.1, 0.15) is 13.3 Å². The quantitative estimate of drug-likeness (QED) is 0.624. The largest absolute Gasteiger partial charge is 0.291 e. The Morgan fingerprint density at radius 2 is 2.35 bits per heavy atom. The molecule has 0 spiro atoms. The SMILES string of the molecule is CCC(=O)NNc1nc2c(cnn2C)c(=O)[nH]1. The van der Waals surface area contributed by atoms with Crippen LogP contribution in [0.25, 0.3) is 11.0 Å². The number of rotatable bonds is 3. The lowest BCUT2D eigenvalue weighted by Gasteiger charge is -2.05. The van der Waals surface area contributed by atoms with Crippen LogP contribution in [0.5, 0.6) is 0 Å². The van der Waals surface area contributed by atoms with E-state index in [1.165, 1.54) is 10.9 Å². The summed E-state index contributed by atoms with van der Waals surface area (Å²) in [5.74, 6) is -0.0225. The number of anilines is 1. The van der Waals surface area contributed by atoms with E-state index < -0.39 is 0 Å². The molecule has 0 aliphatic heterocycles. The highest BCUT2D eigenvalue weighted by Gasteiger charge is 2.07. The maximum Gasteiger partial charge on any atom is 0.263 e. The molecule has 0 saturated heterocycles. The van der Waals surface area contributed by atoms with Crippen molar-refractivity contribution >= 4 is 22.9 Å². The Kier molecular flexibility index (Phi) is 2.77. The van der Waals surface area contributed by atoms with Crippen molar-refractivity contribution in [1.29, 1.82) is 0 Å². The number of hydrazine groups is 1. The third-order valence-electron chi connectivity index (χ3n) is 2.24. The molecule has 8 nitrogen and oxygen atoms in total. The van der Waals surface area contributed by atoms with Gasteiger partial charge in [-0.25, -0.2) is 0 Å². The van der Waals surface area contributed by atoms with E-state index in [0.717, 1.165) is 0 Å². The number of carbonyl (C=O) groups is 1. The van der Waals surface area contributed by atoms with Crippen LogP contribution < -0.4 is 16.4 Å². The molecule has 90 valence electrons. The van der Waals surface area contributed by atoms with E-state index in [1.54, 1.807) is 14.0 Å². The Hall–Kier alpha value is -2.38. The molecule has 3 N–H and O–H groups in total. The van der Waals surface area contributed by atoms with Gasteiger partial charge in [0, 0.05) is 13.5 Å². The van der Waals surface area contributed by atoms with E-state index in [0.29, 0.717) is 17.5 Å². The Labute approximate surface area is 96.0 Å². The number of aromatic amines is 1. The molecule has 2 rings (SSSR count). The van der Waals surface area contributed by atoms with Crippen LogP contribution in [0, 0.1) is 0 Å². The van der Waals surface area contributed by atoms with Gasteiger partial charge in [0.05, 0.1) is 6.20 Å². The predicted octanol–water partition coefficient (Wildman–Crippen LogP) is -0.490. The van der Waals surface area contributed by atoms with Crippen molar-refractivity contribution in [3.8, 4) is 0 Å². The van der Waals surface area contributed by atoms with E-state index in [-0.39, 0.29) is 17.4 Å². The molecule has 0 atom stereocenters. The minimum Gasteiger partial charge on any atom is -0.291 e. The lowest BCUT2D eigenvalue weighted by atomic mass is 10.4. The summed E-state index contributed by atoms with van der Waals surface area (Å²) in [6, 6.07) is 0. The zero-order valence-electron chi connectivity index (χ0n) is 9.44. The second kappa shape index (κ2) is 4.24. The van der Waals surface area contributed by atoms with Crippen molar-refractivity contribution in [2.75, 3.05) is 5.43 Å². The monoisotopic (exact) mass is 236 g/mol. The predicted molar refractivity (Wildman–Crippen MR) is 61.2 cm³/mol. The number of nitrogens with zero attached hydrogens (tertiary/aromatic N) is 3. The summed E-state index contributed by atoms with van der Waals surface area (Å²) in [5, 5.41) is 4.33. The summed E-state index contributed by atoms with van der Waals surface area (Å²) in [5.41, 5.74) is 5.08. The first-order chi connectivity index (χ1) is 8.11. The second-order valence-corrected chi connectivity index (χ2v) is 3.45. The van der Waals surface area contributed by atoms with E-state index in [4.69, 9.17) is 0 Å². The van der Waals surface area contributed by atoms with Crippen LogP contribution >= 0.6 is 0 Å². The van der Waals surface area contributed by atoms with Gasteiger partial charge in [0.15, 0.2) is 5.65 Å². The third kappa shape index (κ3) is 2.10. The maximum absolute atomic E-state index is 11.6. The molecular formula is C9H12N6O2. The number of H-pyrrole nitrogens is 1. The number of amides is 1. The topological polar surface area (TPSA) is 105 Å². The van der Waals surface area contributed by atoms with Crippen LogP contribution in [0.2, 0.25) is 0 Å². The molecule has 2 aromatic rings. The summed E-state index contributed by atoms with van der Waals surface area (Å²) in [4.78, 5) is 29.3. The number of carbonyl (C=O) groups excluding carboxylic acids is 1. The lowest BCUT2D eigenvalue weighted by molar-refractivity contribution is -0.120. The molecule has 2 heterocycles. The zero-order valence-corrected chi connectivity index (χ0v) is 9.44. The van der Waals surface area contributed by atoms with Crippen molar-refractivity contribution in [1.82, 2.24) is 25.2 Å². The molecule has 0 aromatic carbocycles. The van der Waals surface area contributed by atoms with E-state index in [1.807, 2.05) is 0 Å². The molecule has 0 aliphatic rings. The first-order valence-electron chi connectivity index (χ1n) is 5.08. The second-order valence-electron chi connectivity index (χ2n) is 3.45. The molecule has 0 unspecified atom stereocenters. The van der Waals surface area contributed by atoms with Crippen molar-refractivity contribution in [2.24, 2.45) is 7.05 Å². The van der Waals surface area contributed by atoms with Crippen LogP contribution in [-0.2, 0) is 11.8 Å². The van der Waals surface area contributed by atoms with Crippen LogP contribution in [0.4, 0.5) is 5.95 Å². The number of fused-ring (bicyclic) bond motifs is 1. The number of nitrogens with one attached hydrogen (secondary N) is 3. The fourth-order valence-corrected chi connectivity index (χ4v) is 1.31. The molecule has 0 aliphatic carbocycles. The van der Waals surface area contributed by atoms with Gasteiger partial charge in [0.25, 0.3) is 5.56 Å².